The number of hydrogen-bond acceptors (Lipinski definition) is 2. The molecule has 0 saturated carbocycles. The van der Waals surface area contributed by atoms with Gasteiger partial charge in [-0.3, -0.25) is 0 Å². The summed E-state index contributed by atoms with van der Waals surface area (Å²) in [6, 6.07) is 0. The summed E-state index contributed by atoms with van der Waals surface area (Å²) in [5.74, 6) is -0.288. The Bertz CT molecular complexity index is 248. The Labute approximate surface area is 93.7 Å². The Morgan fingerprint density at radius 2 is 1.73 bits per heavy atom. The van der Waals surface area contributed by atoms with Gasteiger partial charge in [0.25, 0.3) is 0 Å². The van der Waals surface area contributed by atoms with E-state index in [1.54, 1.807) is 6.92 Å². The molecule has 0 heterocycles. The van der Waals surface area contributed by atoms with Gasteiger partial charge in [-0.1, -0.05) is 34.3 Å². The topological polar surface area (TPSA) is 26.3 Å². The van der Waals surface area contributed by atoms with E-state index in [9.17, 15) is 4.79 Å². The van der Waals surface area contributed by atoms with Crippen LogP contribution >= 0.6 is 0 Å². The quantitative estimate of drug-likeness (QED) is 0.524. The van der Waals surface area contributed by atoms with Crippen LogP contribution in [0.15, 0.2) is 12.2 Å². The molecule has 0 bridgehead atoms. The third kappa shape index (κ3) is 5.60. The van der Waals surface area contributed by atoms with Crippen molar-refractivity contribution in [3.05, 3.63) is 12.2 Å². The van der Waals surface area contributed by atoms with Crippen molar-refractivity contribution in [1.29, 1.82) is 0 Å². The molecule has 0 radical (unpaired) electrons. The SMILES string of the molecule is C=C(C)C(=O)OC(C)(CC)CC(C)(C)C. The van der Waals surface area contributed by atoms with E-state index in [0.29, 0.717) is 5.57 Å². The molecule has 0 amide bonds. The van der Waals surface area contributed by atoms with Crippen molar-refractivity contribution in [3.8, 4) is 0 Å². The summed E-state index contributed by atoms with van der Waals surface area (Å²) >= 11 is 0. The first-order chi connectivity index (χ1) is 6.59. The van der Waals surface area contributed by atoms with Crippen LogP contribution in [-0.2, 0) is 9.53 Å². The van der Waals surface area contributed by atoms with Gasteiger partial charge < -0.3 is 4.74 Å². The molecule has 0 saturated heterocycles. The van der Waals surface area contributed by atoms with Gasteiger partial charge in [0.1, 0.15) is 5.60 Å². The van der Waals surface area contributed by atoms with Crippen LogP contribution in [0.2, 0.25) is 0 Å². The van der Waals surface area contributed by atoms with Crippen molar-refractivity contribution in [2.45, 2.75) is 60.0 Å². The highest BCUT2D eigenvalue weighted by molar-refractivity contribution is 5.87. The van der Waals surface area contributed by atoms with Gasteiger partial charge in [-0.25, -0.2) is 4.79 Å². The molecule has 0 spiro atoms. The first kappa shape index (κ1) is 14.2. The summed E-state index contributed by atoms with van der Waals surface area (Å²) in [7, 11) is 0. The Kier molecular flexibility index (Phi) is 4.57. The van der Waals surface area contributed by atoms with Crippen molar-refractivity contribution in [2.75, 3.05) is 0 Å². The molecular weight excluding hydrogens is 188 g/mol. The van der Waals surface area contributed by atoms with E-state index >= 15 is 0 Å². The standard InChI is InChI=1S/C13H24O2/c1-8-13(7,9-12(4,5)6)15-11(14)10(2)3/h2,8-9H2,1,3-7H3. The van der Waals surface area contributed by atoms with Gasteiger partial charge in [0.2, 0.25) is 0 Å². The maximum atomic E-state index is 11.5. The monoisotopic (exact) mass is 212 g/mol. The summed E-state index contributed by atoms with van der Waals surface area (Å²) in [5, 5.41) is 0. The van der Waals surface area contributed by atoms with Gasteiger partial charge in [-0.05, 0) is 32.1 Å². The maximum absolute atomic E-state index is 11.5. The fourth-order valence-electron chi connectivity index (χ4n) is 1.67. The lowest BCUT2D eigenvalue weighted by Gasteiger charge is -2.34. The highest BCUT2D eigenvalue weighted by Crippen LogP contribution is 2.32. The van der Waals surface area contributed by atoms with Crippen LogP contribution in [0.25, 0.3) is 0 Å². The predicted octanol–water partition coefficient (Wildman–Crippen LogP) is 3.71. The zero-order valence-electron chi connectivity index (χ0n) is 10.9. The molecule has 0 fully saturated rings. The Balaban J connectivity index is 4.58. The molecule has 2 heteroatoms. The van der Waals surface area contributed by atoms with E-state index in [-0.39, 0.29) is 17.0 Å². The minimum atomic E-state index is -0.381. The van der Waals surface area contributed by atoms with Crippen LogP contribution in [0.4, 0.5) is 0 Å². The van der Waals surface area contributed by atoms with Crippen molar-refractivity contribution >= 4 is 5.97 Å². The number of ether oxygens (including phenoxy) is 1. The first-order valence-corrected chi connectivity index (χ1v) is 5.48. The molecule has 0 aromatic carbocycles. The highest BCUT2D eigenvalue weighted by Gasteiger charge is 2.32. The van der Waals surface area contributed by atoms with Crippen LogP contribution in [0.3, 0.4) is 0 Å². The molecule has 0 aliphatic rings. The Morgan fingerprint density at radius 3 is 2.00 bits per heavy atom. The fraction of sp³-hybridized carbons (Fsp3) is 0.769. The second-order valence-corrected chi connectivity index (χ2v) is 5.71. The summed E-state index contributed by atoms with van der Waals surface area (Å²) < 4.78 is 5.49. The van der Waals surface area contributed by atoms with Crippen LogP contribution in [0, 0.1) is 5.41 Å². The summed E-state index contributed by atoms with van der Waals surface area (Å²) in [5.41, 5.74) is 0.234. The van der Waals surface area contributed by atoms with Gasteiger partial charge in [-0.2, -0.15) is 0 Å². The molecule has 0 rings (SSSR count). The minimum Gasteiger partial charge on any atom is -0.456 e. The Hall–Kier alpha value is -0.790. The van der Waals surface area contributed by atoms with E-state index < -0.39 is 0 Å². The lowest BCUT2D eigenvalue weighted by molar-refractivity contribution is -0.156. The predicted molar refractivity (Wildman–Crippen MR) is 63.7 cm³/mol. The molecule has 2 nitrogen and oxygen atoms in total. The molecule has 88 valence electrons. The molecule has 1 unspecified atom stereocenters. The number of carbonyl (C=O) groups excluding carboxylic acids is 1. The number of rotatable bonds is 4. The molecular formula is C13H24O2. The molecule has 0 N–H and O–H groups in total. The molecule has 0 aromatic rings. The molecule has 15 heavy (non-hydrogen) atoms. The summed E-state index contributed by atoms with van der Waals surface area (Å²) in [6.45, 7) is 15.7. The zero-order chi connectivity index (χ0) is 12.3. The van der Waals surface area contributed by atoms with E-state index in [0.717, 1.165) is 12.8 Å². The number of esters is 1. The van der Waals surface area contributed by atoms with Gasteiger partial charge in [0.15, 0.2) is 0 Å². The molecule has 0 aliphatic heterocycles. The smallest absolute Gasteiger partial charge is 0.333 e. The summed E-state index contributed by atoms with van der Waals surface area (Å²) in [4.78, 5) is 11.5. The normalized spacial score (nSPS) is 15.6. The van der Waals surface area contributed by atoms with E-state index in [1.807, 2.05) is 13.8 Å². The number of hydrogen-bond donors (Lipinski definition) is 0. The molecule has 0 aliphatic carbocycles. The first-order valence-electron chi connectivity index (χ1n) is 5.48. The maximum Gasteiger partial charge on any atom is 0.333 e. The third-order valence-electron chi connectivity index (χ3n) is 2.34. The average molecular weight is 212 g/mol. The molecule has 1 atom stereocenters. The summed E-state index contributed by atoms with van der Waals surface area (Å²) in [6.07, 6.45) is 1.68. The highest BCUT2D eigenvalue weighted by atomic mass is 16.6. The average Bonchev–Trinajstić information content (AvgIpc) is 2.00. The van der Waals surface area contributed by atoms with Crippen LogP contribution < -0.4 is 0 Å². The number of carbonyl (C=O) groups is 1. The zero-order valence-corrected chi connectivity index (χ0v) is 10.9. The van der Waals surface area contributed by atoms with Gasteiger partial charge in [0, 0.05) is 5.57 Å². The largest absolute Gasteiger partial charge is 0.456 e. The van der Waals surface area contributed by atoms with Gasteiger partial charge in [0.05, 0.1) is 0 Å². The van der Waals surface area contributed by atoms with Crippen molar-refractivity contribution in [2.24, 2.45) is 5.41 Å². The lowest BCUT2D eigenvalue weighted by Crippen LogP contribution is -2.35. The third-order valence-corrected chi connectivity index (χ3v) is 2.34. The van der Waals surface area contributed by atoms with E-state index in [1.165, 1.54) is 0 Å². The van der Waals surface area contributed by atoms with Gasteiger partial charge in [-0.15, -0.1) is 0 Å². The van der Waals surface area contributed by atoms with E-state index in [2.05, 4.69) is 27.4 Å². The van der Waals surface area contributed by atoms with Gasteiger partial charge >= 0.3 is 5.97 Å². The molecule has 0 aromatic heterocycles. The second-order valence-electron chi connectivity index (χ2n) is 5.71. The van der Waals surface area contributed by atoms with Crippen LogP contribution in [-0.4, -0.2) is 11.6 Å². The lowest BCUT2D eigenvalue weighted by atomic mass is 9.81. The fourth-order valence-corrected chi connectivity index (χ4v) is 1.67. The second kappa shape index (κ2) is 4.82. The van der Waals surface area contributed by atoms with Crippen molar-refractivity contribution in [1.82, 2.24) is 0 Å². The van der Waals surface area contributed by atoms with E-state index in [4.69, 9.17) is 4.74 Å². The van der Waals surface area contributed by atoms with Crippen LogP contribution in [0.1, 0.15) is 54.4 Å². The van der Waals surface area contributed by atoms with Crippen molar-refractivity contribution < 1.29 is 9.53 Å². The Morgan fingerprint density at radius 1 is 1.27 bits per heavy atom. The minimum absolute atomic E-state index is 0.153. The van der Waals surface area contributed by atoms with Crippen LogP contribution in [0.5, 0.6) is 0 Å². The van der Waals surface area contributed by atoms with Crippen molar-refractivity contribution in [3.63, 3.8) is 0 Å².